The first-order valence-corrected chi connectivity index (χ1v) is 6.43. The molecule has 0 amide bonds. The number of nitrogens with one attached hydrogen (secondary N) is 1. The maximum atomic E-state index is 9.35. The summed E-state index contributed by atoms with van der Waals surface area (Å²) in [6.45, 7) is 3.00. The van der Waals surface area contributed by atoms with E-state index >= 15 is 0 Å². The summed E-state index contributed by atoms with van der Waals surface area (Å²) >= 11 is 1.75. The molecule has 1 aromatic rings. The van der Waals surface area contributed by atoms with Gasteiger partial charge in [-0.2, -0.15) is 0 Å². The van der Waals surface area contributed by atoms with Gasteiger partial charge in [-0.1, -0.05) is 18.1 Å². The first-order valence-electron chi connectivity index (χ1n) is 5.27. The molecule has 0 saturated heterocycles. The molecule has 16 heavy (non-hydrogen) atoms. The van der Waals surface area contributed by atoms with Gasteiger partial charge in [-0.25, -0.2) is 0 Å². The van der Waals surface area contributed by atoms with Crippen molar-refractivity contribution in [2.75, 3.05) is 18.1 Å². The molecule has 1 aromatic carbocycles. The Kier molecular flexibility index (Phi) is 5.84. The van der Waals surface area contributed by atoms with E-state index in [0.29, 0.717) is 5.75 Å². The molecule has 0 radical (unpaired) electrons. The van der Waals surface area contributed by atoms with Gasteiger partial charge in [0.05, 0.1) is 5.75 Å². The molecule has 86 valence electrons. The number of hydrogen-bond acceptors (Lipinski definition) is 3. The van der Waals surface area contributed by atoms with Gasteiger partial charge in [-0.15, -0.1) is 18.2 Å². The molecule has 0 aromatic heterocycles. The van der Waals surface area contributed by atoms with Crippen LogP contribution in [-0.2, 0) is 0 Å². The molecular weight excluding hydrogens is 218 g/mol. The van der Waals surface area contributed by atoms with E-state index in [0.717, 1.165) is 23.6 Å². The van der Waals surface area contributed by atoms with Crippen molar-refractivity contribution in [3.63, 3.8) is 0 Å². The van der Waals surface area contributed by atoms with Crippen LogP contribution in [0.25, 0.3) is 0 Å². The maximum absolute atomic E-state index is 9.35. The standard InChI is InChI=1S/C13H17NOS/c1-3-8-16-9-7-14-11(2)12-5-4-6-13(15)10-12/h1,4-6,10-11,14-15H,7-9H2,2H3. The Morgan fingerprint density at radius 2 is 2.38 bits per heavy atom. The third kappa shape index (κ3) is 4.61. The van der Waals surface area contributed by atoms with Gasteiger partial charge in [0.2, 0.25) is 0 Å². The van der Waals surface area contributed by atoms with Crippen molar-refractivity contribution in [1.29, 1.82) is 0 Å². The van der Waals surface area contributed by atoms with E-state index in [4.69, 9.17) is 6.42 Å². The largest absolute Gasteiger partial charge is 0.508 e. The predicted molar refractivity (Wildman–Crippen MR) is 70.7 cm³/mol. The smallest absolute Gasteiger partial charge is 0.115 e. The minimum atomic E-state index is 0.249. The number of phenolic OH excluding ortho intramolecular Hbond substituents is 1. The number of hydrogen-bond donors (Lipinski definition) is 2. The normalized spacial score (nSPS) is 12.0. The number of aromatic hydroxyl groups is 1. The summed E-state index contributed by atoms with van der Waals surface area (Å²) in [6, 6.07) is 7.58. The van der Waals surface area contributed by atoms with Gasteiger partial charge in [0, 0.05) is 18.3 Å². The third-order valence-corrected chi connectivity index (χ3v) is 3.12. The van der Waals surface area contributed by atoms with Crippen LogP contribution in [0, 0.1) is 12.3 Å². The zero-order valence-electron chi connectivity index (χ0n) is 9.44. The van der Waals surface area contributed by atoms with Crippen LogP contribution in [0.15, 0.2) is 24.3 Å². The molecule has 0 heterocycles. The van der Waals surface area contributed by atoms with Gasteiger partial charge >= 0.3 is 0 Å². The Labute approximate surface area is 101 Å². The first kappa shape index (κ1) is 13.0. The number of phenols is 1. The molecule has 0 fully saturated rings. The molecule has 0 bridgehead atoms. The Morgan fingerprint density at radius 1 is 1.56 bits per heavy atom. The van der Waals surface area contributed by atoms with Gasteiger partial charge in [0.1, 0.15) is 5.75 Å². The highest BCUT2D eigenvalue weighted by Gasteiger charge is 2.04. The van der Waals surface area contributed by atoms with Crippen LogP contribution in [0.5, 0.6) is 5.75 Å². The highest BCUT2D eigenvalue weighted by atomic mass is 32.2. The van der Waals surface area contributed by atoms with Crippen molar-refractivity contribution in [3.05, 3.63) is 29.8 Å². The lowest BCUT2D eigenvalue weighted by molar-refractivity contribution is 0.472. The van der Waals surface area contributed by atoms with Crippen LogP contribution < -0.4 is 5.32 Å². The fourth-order valence-electron chi connectivity index (χ4n) is 1.39. The monoisotopic (exact) mass is 235 g/mol. The van der Waals surface area contributed by atoms with Crippen LogP contribution in [0.1, 0.15) is 18.5 Å². The van der Waals surface area contributed by atoms with Crippen LogP contribution in [0.4, 0.5) is 0 Å². The van der Waals surface area contributed by atoms with Crippen LogP contribution in [-0.4, -0.2) is 23.2 Å². The minimum Gasteiger partial charge on any atom is -0.508 e. The van der Waals surface area contributed by atoms with Crippen molar-refractivity contribution in [2.45, 2.75) is 13.0 Å². The Balaban J connectivity index is 2.30. The Morgan fingerprint density at radius 3 is 3.06 bits per heavy atom. The first-order chi connectivity index (χ1) is 7.74. The quantitative estimate of drug-likeness (QED) is 0.586. The van der Waals surface area contributed by atoms with Crippen LogP contribution in [0.2, 0.25) is 0 Å². The van der Waals surface area contributed by atoms with E-state index in [1.165, 1.54) is 0 Å². The minimum absolute atomic E-state index is 0.249. The van der Waals surface area contributed by atoms with Crippen molar-refractivity contribution >= 4 is 11.8 Å². The predicted octanol–water partition coefficient (Wildman–Crippen LogP) is 2.41. The summed E-state index contributed by atoms with van der Waals surface area (Å²) in [5, 5.41) is 12.7. The van der Waals surface area contributed by atoms with Gasteiger partial charge in [0.25, 0.3) is 0 Å². The van der Waals surface area contributed by atoms with Gasteiger partial charge in [-0.05, 0) is 24.6 Å². The van der Waals surface area contributed by atoms with E-state index in [-0.39, 0.29) is 6.04 Å². The second-order valence-electron chi connectivity index (χ2n) is 3.53. The second kappa shape index (κ2) is 7.21. The number of terminal acetylenes is 1. The van der Waals surface area contributed by atoms with Gasteiger partial charge in [0.15, 0.2) is 0 Å². The van der Waals surface area contributed by atoms with Crippen LogP contribution in [0.3, 0.4) is 0 Å². The Bertz CT molecular complexity index is 359. The lowest BCUT2D eigenvalue weighted by Gasteiger charge is -2.14. The highest BCUT2D eigenvalue weighted by Crippen LogP contribution is 2.17. The molecular formula is C13H17NOS. The Hall–Kier alpha value is -1.11. The molecule has 0 aliphatic carbocycles. The van der Waals surface area contributed by atoms with E-state index < -0.39 is 0 Å². The second-order valence-corrected chi connectivity index (χ2v) is 4.63. The summed E-state index contributed by atoms with van der Waals surface area (Å²) < 4.78 is 0. The van der Waals surface area contributed by atoms with E-state index in [1.807, 2.05) is 12.1 Å². The fraction of sp³-hybridized carbons (Fsp3) is 0.385. The molecule has 2 N–H and O–H groups in total. The zero-order valence-corrected chi connectivity index (χ0v) is 10.3. The number of benzene rings is 1. The summed E-state index contributed by atoms with van der Waals surface area (Å²) in [4.78, 5) is 0. The zero-order chi connectivity index (χ0) is 11.8. The number of thioether (sulfide) groups is 1. The van der Waals surface area contributed by atoms with Gasteiger partial charge in [-0.3, -0.25) is 0 Å². The van der Waals surface area contributed by atoms with Gasteiger partial charge < -0.3 is 10.4 Å². The molecule has 0 aliphatic rings. The van der Waals surface area contributed by atoms with E-state index in [1.54, 1.807) is 23.9 Å². The van der Waals surface area contributed by atoms with Crippen LogP contribution >= 0.6 is 11.8 Å². The lowest BCUT2D eigenvalue weighted by Crippen LogP contribution is -2.21. The summed E-state index contributed by atoms with van der Waals surface area (Å²) in [7, 11) is 0. The number of rotatable bonds is 6. The van der Waals surface area contributed by atoms with Crippen molar-refractivity contribution in [3.8, 4) is 18.1 Å². The SMILES string of the molecule is C#CCSCCNC(C)c1cccc(O)c1. The average Bonchev–Trinajstić information content (AvgIpc) is 2.28. The fourth-order valence-corrected chi connectivity index (χ4v) is 1.92. The topological polar surface area (TPSA) is 32.3 Å². The molecule has 0 saturated carbocycles. The summed E-state index contributed by atoms with van der Waals surface area (Å²) in [5.74, 6) is 4.68. The maximum Gasteiger partial charge on any atom is 0.115 e. The van der Waals surface area contributed by atoms with E-state index in [9.17, 15) is 5.11 Å². The molecule has 2 nitrogen and oxygen atoms in total. The third-order valence-electron chi connectivity index (χ3n) is 2.25. The average molecular weight is 235 g/mol. The summed E-state index contributed by atoms with van der Waals surface area (Å²) in [6.07, 6.45) is 5.16. The lowest BCUT2D eigenvalue weighted by atomic mass is 10.1. The van der Waals surface area contributed by atoms with Crippen molar-refractivity contribution < 1.29 is 5.11 Å². The molecule has 1 atom stereocenters. The highest BCUT2D eigenvalue weighted by molar-refractivity contribution is 7.99. The molecule has 0 aliphatic heterocycles. The molecule has 1 unspecified atom stereocenters. The molecule has 1 rings (SSSR count). The summed E-state index contributed by atoms with van der Waals surface area (Å²) in [5.41, 5.74) is 1.10. The molecule has 3 heteroatoms. The molecule has 0 spiro atoms. The van der Waals surface area contributed by atoms with Crippen molar-refractivity contribution in [2.24, 2.45) is 0 Å². The van der Waals surface area contributed by atoms with Crippen molar-refractivity contribution in [1.82, 2.24) is 5.32 Å². The van der Waals surface area contributed by atoms with E-state index in [2.05, 4.69) is 18.2 Å².